The summed E-state index contributed by atoms with van der Waals surface area (Å²) >= 11 is 0. The Morgan fingerprint density at radius 3 is 1.59 bits per heavy atom. The third-order valence-corrected chi connectivity index (χ3v) is 8.42. The molecule has 2 fully saturated rings. The van der Waals surface area contributed by atoms with Gasteiger partial charge >= 0.3 is 5.97 Å². The summed E-state index contributed by atoms with van der Waals surface area (Å²) in [6, 6.07) is 0. The summed E-state index contributed by atoms with van der Waals surface area (Å²) in [4.78, 5) is 12.2. The Morgan fingerprint density at radius 1 is 0.594 bits per heavy atom. The van der Waals surface area contributed by atoms with E-state index < -0.39 is 0 Å². The highest BCUT2D eigenvalue weighted by atomic mass is 16.5. The quantitative estimate of drug-likeness (QED) is 0.154. The van der Waals surface area contributed by atoms with Crippen LogP contribution in [0.15, 0.2) is 0 Å². The average molecular weight is 449 g/mol. The number of hydrogen-bond donors (Lipinski definition) is 0. The molecule has 0 aromatic heterocycles. The second kappa shape index (κ2) is 18.8. The lowest BCUT2D eigenvalue weighted by Crippen LogP contribution is -2.25. The van der Waals surface area contributed by atoms with Crippen molar-refractivity contribution in [2.45, 2.75) is 161 Å². The summed E-state index contributed by atoms with van der Waals surface area (Å²) in [6.45, 7) is 2.93. The van der Waals surface area contributed by atoms with E-state index in [1.54, 1.807) is 0 Å². The van der Waals surface area contributed by atoms with E-state index in [0.717, 1.165) is 18.3 Å². The topological polar surface area (TPSA) is 26.3 Å². The van der Waals surface area contributed by atoms with Gasteiger partial charge in [0.2, 0.25) is 0 Å². The number of carbonyl (C=O) groups excluding carboxylic acids is 1. The molecular weight excluding hydrogens is 392 g/mol. The number of rotatable bonds is 18. The average Bonchev–Trinajstić information content (AvgIpc) is 2.82. The van der Waals surface area contributed by atoms with Crippen molar-refractivity contribution in [2.75, 3.05) is 6.61 Å². The highest BCUT2D eigenvalue weighted by Gasteiger charge is 2.29. The predicted octanol–water partition coefficient (Wildman–Crippen LogP) is 9.79. The van der Waals surface area contributed by atoms with Crippen molar-refractivity contribution in [1.82, 2.24) is 0 Å². The molecule has 0 aromatic rings. The van der Waals surface area contributed by atoms with Crippen molar-refractivity contribution in [3.05, 3.63) is 0 Å². The minimum Gasteiger partial charge on any atom is -0.466 e. The van der Waals surface area contributed by atoms with Crippen molar-refractivity contribution in [1.29, 1.82) is 0 Å². The Labute approximate surface area is 201 Å². The highest BCUT2D eigenvalue weighted by molar-refractivity contribution is 5.69. The van der Waals surface area contributed by atoms with Gasteiger partial charge in [-0.1, -0.05) is 122 Å². The summed E-state index contributed by atoms with van der Waals surface area (Å²) in [7, 11) is 0. The van der Waals surface area contributed by atoms with Gasteiger partial charge in [-0.3, -0.25) is 4.79 Å². The first-order valence-electron chi connectivity index (χ1n) is 14.9. The van der Waals surface area contributed by atoms with Crippen LogP contribution in [-0.2, 0) is 9.53 Å². The molecule has 0 amide bonds. The fraction of sp³-hybridized carbons (Fsp3) is 0.967. The van der Waals surface area contributed by atoms with Gasteiger partial charge in [0.05, 0.1) is 6.61 Å². The van der Waals surface area contributed by atoms with Gasteiger partial charge in [-0.05, 0) is 49.9 Å². The largest absolute Gasteiger partial charge is 0.466 e. The summed E-state index contributed by atoms with van der Waals surface area (Å²) in [5.41, 5.74) is 0. The van der Waals surface area contributed by atoms with Gasteiger partial charge in [0.1, 0.15) is 0 Å². The van der Waals surface area contributed by atoms with Gasteiger partial charge in [0, 0.05) is 6.42 Å². The Kier molecular flexibility index (Phi) is 16.3. The fourth-order valence-electron chi connectivity index (χ4n) is 6.25. The first-order valence-corrected chi connectivity index (χ1v) is 14.9. The molecule has 0 saturated heterocycles. The lowest BCUT2D eigenvalue weighted by atomic mass is 9.70. The van der Waals surface area contributed by atoms with Gasteiger partial charge in [-0.15, -0.1) is 0 Å². The Hall–Kier alpha value is -0.530. The number of unbranched alkanes of at least 4 members (excludes halogenated alkanes) is 13. The summed E-state index contributed by atoms with van der Waals surface area (Å²) in [5.74, 6) is 2.62. The van der Waals surface area contributed by atoms with Gasteiger partial charge in [-0.25, -0.2) is 0 Å². The maximum atomic E-state index is 12.2. The molecule has 0 spiro atoms. The van der Waals surface area contributed by atoms with Gasteiger partial charge < -0.3 is 4.74 Å². The fourth-order valence-corrected chi connectivity index (χ4v) is 6.25. The van der Waals surface area contributed by atoms with Gasteiger partial charge in [0.25, 0.3) is 0 Å². The number of esters is 1. The molecule has 188 valence electrons. The van der Waals surface area contributed by atoms with Crippen molar-refractivity contribution in [3.8, 4) is 0 Å². The number of carbonyl (C=O) groups is 1. The molecule has 2 rings (SSSR count). The van der Waals surface area contributed by atoms with Crippen molar-refractivity contribution in [2.24, 2.45) is 17.8 Å². The van der Waals surface area contributed by atoms with Crippen LogP contribution >= 0.6 is 0 Å². The Balaban J connectivity index is 1.32. The standard InChI is InChI=1S/C30H56O2/c1-2-3-4-5-6-7-8-9-10-11-12-13-14-18-25-32-30(31)26-27-21-23-29(24-22-27)28-19-16-15-17-20-28/h27-29H,2-26H2,1H3. The maximum absolute atomic E-state index is 12.2. The third-order valence-electron chi connectivity index (χ3n) is 8.42. The summed E-state index contributed by atoms with van der Waals surface area (Å²) < 4.78 is 5.56. The second-order valence-corrected chi connectivity index (χ2v) is 11.2. The molecule has 0 unspecified atom stereocenters. The molecule has 2 aliphatic rings. The molecule has 0 aliphatic heterocycles. The van der Waals surface area contributed by atoms with Crippen LogP contribution in [0, 0.1) is 17.8 Å². The van der Waals surface area contributed by atoms with Crippen LogP contribution in [0.5, 0.6) is 0 Å². The molecule has 2 nitrogen and oxygen atoms in total. The Morgan fingerprint density at radius 2 is 1.06 bits per heavy atom. The SMILES string of the molecule is CCCCCCCCCCCCCCCCOC(=O)CC1CCC(C2CCCCC2)CC1. The minimum absolute atomic E-state index is 0.0702. The molecule has 0 N–H and O–H groups in total. The van der Waals surface area contributed by atoms with E-state index in [0.29, 0.717) is 18.9 Å². The molecule has 0 atom stereocenters. The van der Waals surface area contributed by atoms with Crippen LogP contribution in [0.4, 0.5) is 0 Å². The van der Waals surface area contributed by atoms with E-state index >= 15 is 0 Å². The second-order valence-electron chi connectivity index (χ2n) is 11.2. The van der Waals surface area contributed by atoms with Crippen LogP contribution in [-0.4, -0.2) is 12.6 Å². The van der Waals surface area contributed by atoms with E-state index in [4.69, 9.17) is 4.74 Å². The van der Waals surface area contributed by atoms with Crippen LogP contribution in [0.25, 0.3) is 0 Å². The first-order chi connectivity index (χ1) is 15.8. The van der Waals surface area contributed by atoms with Crippen LogP contribution in [0.2, 0.25) is 0 Å². The zero-order valence-corrected chi connectivity index (χ0v) is 21.7. The molecule has 0 heterocycles. The van der Waals surface area contributed by atoms with Crippen molar-refractivity contribution >= 4 is 5.97 Å². The minimum atomic E-state index is 0.0702. The van der Waals surface area contributed by atoms with Gasteiger partial charge in [0.15, 0.2) is 0 Å². The van der Waals surface area contributed by atoms with E-state index in [2.05, 4.69) is 6.92 Å². The lowest BCUT2D eigenvalue weighted by Gasteiger charge is -2.35. The molecule has 2 aliphatic carbocycles. The van der Waals surface area contributed by atoms with Crippen molar-refractivity contribution < 1.29 is 9.53 Å². The zero-order chi connectivity index (χ0) is 22.7. The Bertz CT molecular complexity index is 432. The molecular formula is C30H56O2. The van der Waals surface area contributed by atoms with Crippen LogP contribution in [0.1, 0.15) is 161 Å². The third kappa shape index (κ3) is 13.2. The monoisotopic (exact) mass is 448 g/mol. The molecule has 2 heteroatoms. The van der Waals surface area contributed by atoms with E-state index in [9.17, 15) is 4.79 Å². The summed E-state index contributed by atoms with van der Waals surface area (Å²) in [6.07, 6.45) is 32.3. The zero-order valence-electron chi connectivity index (χ0n) is 21.7. The van der Waals surface area contributed by atoms with Crippen molar-refractivity contribution in [3.63, 3.8) is 0 Å². The lowest BCUT2D eigenvalue weighted by molar-refractivity contribution is -0.145. The summed E-state index contributed by atoms with van der Waals surface area (Å²) in [5, 5.41) is 0. The van der Waals surface area contributed by atoms with Crippen LogP contribution in [0.3, 0.4) is 0 Å². The highest BCUT2D eigenvalue weighted by Crippen LogP contribution is 2.40. The smallest absolute Gasteiger partial charge is 0.306 e. The molecule has 2 saturated carbocycles. The molecule has 32 heavy (non-hydrogen) atoms. The van der Waals surface area contributed by atoms with E-state index in [1.165, 1.54) is 141 Å². The maximum Gasteiger partial charge on any atom is 0.306 e. The number of hydrogen-bond acceptors (Lipinski definition) is 2. The molecule has 0 bridgehead atoms. The van der Waals surface area contributed by atoms with E-state index in [1.807, 2.05) is 0 Å². The molecule has 0 radical (unpaired) electrons. The first kappa shape index (κ1) is 27.7. The van der Waals surface area contributed by atoms with E-state index in [-0.39, 0.29) is 5.97 Å². The van der Waals surface area contributed by atoms with Gasteiger partial charge in [-0.2, -0.15) is 0 Å². The van der Waals surface area contributed by atoms with Crippen LogP contribution < -0.4 is 0 Å². The number of ether oxygens (including phenoxy) is 1. The predicted molar refractivity (Wildman–Crippen MR) is 138 cm³/mol. The molecule has 0 aromatic carbocycles. The normalized spacial score (nSPS) is 22.2.